The first-order chi connectivity index (χ1) is 16.3. The second-order valence-corrected chi connectivity index (χ2v) is 8.62. The molecule has 1 aromatic rings. The molecule has 4 atom stereocenters. The third kappa shape index (κ3) is 2.93. The van der Waals surface area contributed by atoms with Crippen molar-refractivity contribution >= 4 is 23.3 Å². The molecule has 0 saturated carbocycles. The Kier molecular flexibility index (Phi) is 5.06. The van der Waals surface area contributed by atoms with E-state index in [0.717, 1.165) is 0 Å². The maximum atomic E-state index is 13.8. The number of ketones is 2. The number of fused-ring (bicyclic) bond motifs is 4. The Bertz CT molecular complexity index is 1180. The van der Waals surface area contributed by atoms with Gasteiger partial charge in [-0.15, -0.1) is 0 Å². The molecule has 180 valence electrons. The number of carbonyl (C=O) groups is 3. The Labute approximate surface area is 195 Å². The molecule has 5 rings (SSSR count). The number of amides is 1. The van der Waals surface area contributed by atoms with E-state index in [1.807, 2.05) is 4.90 Å². The molecule has 0 bridgehead atoms. The van der Waals surface area contributed by atoms with Gasteiger partial charge in [-0.3, -0.25) is 9.59 Å². The number of ether oxygens (including phenoxy) is 4. The fourth-order valence-electron chi connectivity index (χ4n) is 5.50. The molecule has 3 aliphatic heterocycles. The van der Waals surface area contributed by atoms with Gasteiger partial charge in [0.05, 0.1) is 37.6 Å². The average Bonchev–Trinajstić information content (AvgIpc) is 3.44. The van der Waals surface area contributed by atoms with Crippen molar-refractivity contribution in [1.29, 1.82) is 0 Å². The molecule has 2 saturated heterocycles. The molecule has 3 heterocycles. The number of nitrogens with zero attached hydrogens (tertiary/aromatic N) is 1. The first-order valence-electron chi connectivity index (χ1n) is 10.8. The van der Waals surface area contributed by atoms with Crippen molar-refractivity contribution in [2.75, 3.05) is 39.8 Å². The number of hydrogen-bond acceptors (Lipinski definition) is 10. The van der Waals surface area contributed by atoms with Gasteiger partial charge in [-0.2, -0.15) is 0 Å². The summed E-state index contributed by atoms with van der Waals surface area (Å²) in [6.07, 6.45) is -0.963. The summed E-state index contributed by atoms with van der Waals surface area (Å²) in [5, 5.41) is 6.42. The molecule has 1 aromatic carbocycles. The van der Waals surface area contributed by atoms with Crippen LogP contribution in [0.4, 0.5) is 10.5 Å². The Morgan fingerprint density at radius 2 is 1.94 bits per heavy atom. The van der Waals surface area contributed by atoms with Crippen LogP contribution in [-0.2, 0) is 19.1 Å². The number of nitrogens with two attached hydrogens (primary N) is 1. The number of rotatable bonds is 7. The lowest BCUT2D eigenvalue weighted by Gasteiger charge is -2.39. The van der Waals surface area contributed by atoms with E-state index in [0.29, 0.717) is 29.4 Å². The molecule has 0 radical (unpaired) electrons. The normalized spacial score (nSPS) is 29.1. The summed E-state index contributed by atoms with van der Waals surface area (Å²) < 4.78 is 21.7. The number of Topliss-reactive ketones (excluding diaryl/α,β-unsaturated/α-hetero) is 2. The second-order valence-electron chi connectivity index (χ2n) is 8.62. The highest BCUT2D eigenvalue weighted by Gasteiger charge is 2.72. The van der Waals surface area contributed by atoms with Gasteiger partial charge < -0.3 is 40.2 Å². The number of methoxy groups -OCH3 is 3. The highest BCUT2D eigenvalue weighted by atomic mass is 16.6. The van der Waals surface area contributed by atoms with Crippen molar-refractivity contribution in [3.63, 3.8) is 0 Å². The van der Waals surface area contributed by atoms with Gasteiger partial charge in [0, 0.05) is 42.6 Å². The summed E-state index contributed by atoms with van der Waals surface area (Å²) in [5.41, 5.74) is 5.75. The highest BCUT2D eigenvalue weighted by Crippen LogP contribution is 2.55. The van der Waals surface area contributed by atoms with E-state index in [4.69, 9.17) is 24.7 Å². The zero-order valence-corrected chi connectivity index (χ0v) is 19.3. The predicted octanol–water partition coefficient (Wildman–Crippen LogP) is 0.519. The number of nitrogens with one attached hydrogen (secondary N) is 2. The van der Waals surface area contributed by atoms with Crippen LogP contribution in [0.5, 0.6) is 11.5 Å². The maximum absolute atomic E-state index is 13.8. The fourth-order valence-corrected chi connectivity index (χ4v) is 5.50. The largest absolute Gasteiger partial charge is 0.493 e. The summed E-state index contributed by atoms with van der Waals surface area (Å²) >= 11 is 0. The fraction of sp³-hybridized carbons (Fsp3) is 0.435. The van der Waals surface area contributed by atoms with Gasteiger partial charge in [-0.25, -0.2) is 4.79 Å². The minimum absolute atomic E-state index is 0.104. The zero-order chi connectivity index (χ0) is 24.4. The molecule has 0 spiro atoms. The van der Waals surface area contributed by atoms with Crippen LogP contribution in [0, 0.1) is 5.92 Å². The van der Waals surface area contributed by atoms with Crippen LogP contribution in [-0.4, -0.2) is 74.8 Å². The van der Waals surface area contributed by atoms with E-state index in [1.165, 1.54) is 21.3 Å². The molecule has 1 unspecified atom stereocenters. The van der Waals surface area contributed by atoms with Gasteiger partial charge in [0.25, 0.3) is 0 Å². The molecule has 34 heavy (non-hydrogen) atoms. The number of anilines is 1. The summed E-state index contributed by atoms with van der Waals surface area (Å²) in [5.74, 6) is -0.330. The SMILES string of the molecule is COc1ccc(NC2=C(C)C(=O)C3=C(C2=O)[C@H](COC(N)=O)C2(OC)[C@@H]4N[C@@H]4CN32)cc1OC. The number of hydrogen-bond donors (Lipinski definition) is 3. The Balaban J connectivity index is 1.54. The highest BCUT2D eigenvalue weighted by molar-refractivity contribution is 6.26. The standard InChI is InChI=1S/C23H26N4O7/c1-10-17(25-11-5-6-14(31-2)15(7-11)32-3)20(29)16-12(9-34-22(24)30)23(33-4)21-13(26-21)8-27(23)18(16)19(10)28/h5-7,12-13,21,25-26H,8-9H2,1-4H3,(H2,24,30)/t12-,13+,21+,23?/m0/s1. The van der Waals surface area contributed by atoms with Gasteiger partial charge in [0.1, 0.15) is 6.61 Å². The molecule has 11 nitrogen and oxygen atoms in total. The molecule has 4 aliphatic rings. The van der Waals surface area contributed by atoms with E-state index >= 15 is 0 Å². The molecule has 1 amide bonds. The van der Waals surface area contributed by atoms with Gasteiger partial charge in [-0.05, 0) is 19.1 Å². The summed E-state index contributed by atoms with van der Waals surface area (Å²) in [4.78, 5) is 40.7. The quantitative estimate of drug-likeness (QED) is 0.380. The van der Waals surface area contributed by atoms with E-state index in [9.17, 15) is 14.4 Å². The maximum Gasteiger partial charge on any atom is 0.404 e. The van der Waals surface area contributed by atoms with Crippen molar-refractivity contribution in [2.24, 2.45) is 11.7 Å². The van der Waals surface area contributed by atoms with Crippen LogP contribution >= 0.6 is 0 Å². The minimum Gasteiger partial charge on any atom is -0.493 e. The second kappa shape index (κ2) is 7.74. The number of benzene rings is 1. The van der Waals surface area contributed by atoms with Crippen LogP contribution in [0.2, 0.25) is 0 Å². The first kappa shape index (κ1) is 22.2. The van der Waals surface area contributed by atoms with Crippen molar-refractivity contribution in [3.05, 3.63) is 40.7 Å². The molecule has 0 aromatic heterocycles. The third-order valence-electron chi connectivity index (χ3n) is 7.08. The van der Waals surface area contributed by atoms with Crippen LogP contribution in [0.1, 0.15) is 6.92 Å². The van der Waals surface area contributed by atoms with E-state index in [-0.39, 0.29) is 47.1 Å². The van der Waals surface area contributed by atoms with Crippen molar-refractivity contribution in [3.8, 4) is 11.5 Å². The van der Waals surface area contributed by atoms with Gasteiger partial charge in [0.15, 0.2) is 17.2 Å². The summed E-state index contributed by atoms with van der Waals surface area (Å²) in [6, 6.07) is 5.12. The van der Waals surface area contributed by atoms with Crippen LogP contribution in [0.15, 0.2) is 40.7 Å². The van der Waals surface area contributed by atoms with E-state index < -0.39 is 17.7 Å². The number of carbonyl (C=O) groups excluding carboxylic acids is 3. The lowest BCUT2D eigenvalue weighted by Crippen LogP contribution is -2.55. The van der Waals surface area contributed by atoms with Crippen LogP contribution in [0.25, 0.3) is 0 Å². The van der Waals surface area contributed by atoms with Gasteiger partial charge >= 0.3 is 6.09 Å². The minimum atomic E-state index is -1.02. The third-order valence-corrected chi connectivity index (χ3v) is 7.08. The lowest BCUT2D eigenvalue weighted by molar-refractivity contribution is -0.137. The Morgan fingerprint density at radius 3 is 2.59 bits per heavy atom. The molecule has 11 heteroatoms. The summed E-state index contributed by atoms with van der Waals surface area (Å²) in [7, 11) is 4.57. The molecule has 2 fully saturated rings. The Hall–Kier alpha value is -3.57. The number of piperazine rings is 1. The van der Waals surface area contributed by atoms with Crippen LogP contribution < -0.4 is 25.8 Å². The smallest absolute Gasteiger partial charge is 0.404 e. The van der Waals surface area contributed by atoms with Gasteiger partial charge in [0.2, 0.25) is 11.6 Å². The summed E-state index contributed by atoms with van der Waals surface area (Å²) in [6.45, 7) is 1.93. The van der Waals surface area contributed by atoms with Crippen LogP contribution in [0.3, 0.4) is 0 Å². The molecular weight excluding hydrogens is 444 g/mol. The monoisotopic (exact) mass is 470 g/mol. The predicted molar refractivity (Wildman–Crippen MR) is 119 cm³/mol. The lowest BCUT2D eigenvalue weighted by atomic mass is 9.82. The van der Waals surface area contributed by atoms with Crippen molar-refractivity contribution < 1.29 is 33.3 Å². The number of allylic oxidation sites excluding steroid dienone is 2. The van der Waals surface area contributed by atoms with E-state index in [1.54, 1.807) is 25.1 Å². The van der Waals surface area contributed by atoms with Gasteiger partial charge in [-0.1, -0.05) is 0 Å². The zero-order valence-electron chi connectivity index (χ0n) is 19.3. The number of primary amides is 1. The topological polar surface area (TPSA) is 151 Å². The van der Waals surface area contributed by atoms with Crippen molar-refractivity contribution in [1.82, 2.24) is 10.2 Å². The molecule has 1 aliphatic carbocycles. The van der Waals surface area contributed by atoms with E-state index in [2.05, 4.69) is 10.6 Å². The molecule has 4 N–H and O–H groups in total. The Morgan fingerprint density at radius 1 is 1.21 bits per heavy atom. The van der Waals surface area contributed by atoms with Crippen molar-refractivity contribution in [2.45, 2.75) is 24.7 Å². The average molecular weight is 470 g/mol. The molecular formula is C23H26N4O7. The first-order valence-corrected chi connectivity index (χ1v) is 10.8.